The van der Waals surface area contributed by atoms with Crippen LogP contribution < -0.4 is 10.1 Å². The molecule has 1 aromatic carbocycles. The number of para-hydroxylation sites is 1. The van der Waals surface area contributed by atoms with E-state index in [1.165, 1.54) is 0 Å². The van der Waals surface area contributed by atoms with Crippen molar-refractivity contribution in [2.24, 2.45) is 0 Å². The predicted molar refractivity (Wildman–Crippen MR) is 82.4 cm³/mol. The van der Waals surface area contributed by atoms with E-state index in [0.29, 0.717) is 6.42 Å². The van der Waals surface area contributed by atoms with Crippen LogP contribution in [0.2, 0.25) is 0 Å². The zero-order chi connectivity index (χ0) is 14.2. The van der Waals surface area contributed by atoms with Gasteiger partial charge in [0, 0.05) is 37.5 Å². The van der Waals surface area contributed by atoms with Crippen molar-refractivity contribution < 1.29 is 9.53 Å². The van der Waals surface area contributed by atoms with E-state index in [1.807, 2.05) is 23.1 Å². The fourth-order valence-corrected chi connectivity index (χ4v) is 3.19. The van der Waals surface area contributed by atoms with Crippen LogP contribution in [0.5, 0.6) is 5.75 Å². The van der Waals surface area contributed by atoms with Crippen molar-refractivity contribution in [3.05, 3.63) is 24.3 Å². The Kier molecular flexibility index (Phi) is 6.21. The molecule has 1 saturated heterocycles. The summed E-state index contributed by atoms with van der Waals surface area (Å²) in [6.45, 7) is 3.53. The number of hydrogen-bond donors (Lipinski definition) is 1. The molecule has 2 rings (SSSR count). The van der Waals surface area contributed by atoms with Gasteiger partial charge in [-0.15, -0.1) is 11.8 Å². The van der Waals surface area contributed by atoms with E-state index in [1.54, 1.807) is 18.9 Å². The van der Waals surface area contributed by atoms with Crippen molar-refractivity contribution in [3.8, 4) is 5.75 Å². The Hall–Kier alpha value is -1.20. The summed E-state index contributed by atoms with van der Waals surface area (Å²) in [5.74, 6) is 2.14. The second-order valence-electron chi connectivity index (χ2n) is 4.73. The lowest BCUT2D eigenvalue weighted by atomic mass is 10.2. The molecule has 0 saturated carbocycles. The molecule has 0 bridgehead atoms. The van der Waals surface area contributed by atoms with E-state index in [4.69, 9.17) is 4.74 Å². The van der Waals surface area contributed by atoms with Gasteiger partial charge in [0.25, 0.3) is 0 Å². The van der Waals surface area contributed by atoms with Crippen molar-refractivity contribution in [3.63, 3.8) is 0 Å². The average Bonchev–Trinajstić information content (AvgIpc) is 2.52. The van der Waals surface area contributed by atoms with E-state index in [-0.39, 0.29) is 5.91 Å². The first-order valence-corrected chi connectivity index (χ1v) is 8.04. The molecule has 20 heavy (non-hydrogen) atoms. The van der Waals surface area contributed by atoms with Crippen LogP contribution in [0, 0.1) is 0 Å². The molecular formula is C15H22N2O2S. The van der Waals surface area contributed by atoms with Gasteiger partial charge >= 0.3 is 0 Å². The number of amides is 1. The third kappa shape index (κ3) is 4.42. The molecule has 0 unspecified atom stereocenters. The number of ether oxygens (including phenoxy) is 1. The molecule has 1 aliphatic heterocycles. The van der Waals surface area contributed by atoms with Crippen molar-refractivity contribution >= 4 is 17.7 Å². The van der Waals surface area contributed by atoms with Crippen LogP contribution in [-0.4, -0.2) is 49.8 Å². The van der Waals surface area contributed by atoms with Crippen molar-refractivity contribution in [1.82, 2.24) is 10.2 Å². The fourth-order valence-electron chi connectivity index (χ4n) is 2.22. The molecule has 1 aromatic rings. The lowest BCUT2D eigenvalue weighted by molar-refractivity contribution is -0.131. The number of hydrogen-bond acceptors (Lipinski definition) is 4. The minimum Gasteiger partial charge on any atom is -0.496 e. The van der Waals surface area contributed by atoms with Gasteiger partial charge in [0.05, 0.1) is 7.11 Å². The highest BCUT2D eigenvalue weighted by molar-refractivity contribution is 7.99. The quantitative estimate of drug-likeness (QED) is 0.643. The highest BCUT2D eigenvalue weighted by atomic mass is 32.2. The van der Waals surface area contributed by atoms with Crippen LogP contribution in [0.4, 0.5) is 0 Å². The third-order valence-corrected chi connectivity index (χ3v) is 4.47. The lowest BCUT2D eigenvalue weighted by Crippen LogP contribution is -2.46. The summed E-state index contributed by atoms with van der Waals surface area (Å²) in [6.07, 6.45) is 1.55. The van der Waals surface area contributed by atoms with Gasteiger partial charge in [-0.2, -0.15) is 0 Å². The van der Waals surface area contributed by atoms with E-state index in [0.717, 1.165) is 49.0 Å². The molecule has 1 N–H and O–H groups in total. The van der Waals surface area contributed by atoms with Gasteiger partial charge in [0.2, 0.25) is 5.91 Å². The number of carbonyl (C=O) groups excluding carboxylic acids is 1. The Morgan fingerprint density at radius 3 is 2.85 bits per heavy atom. The van der Waals surface area contributed by atoms with Gasteiger partial charge in [-0.25, -0.2) is 0 Å². The molecule has 5 heteroatoms. The summed E-state index contributed by atoms with van der Waals surface area (Å²) in [5, 5.41) is 3.26. The van der Waals surface area contributed by atoms with Crippen LogP contribution in [-0.2, 0) is 4.79 Å². The first kappa shape index (κ1) is 15.2. The Morgan fingerprint density at radius 1 is 1.35 bits per heavy atom. The number of benzene rings is 1. The van der Waals surface area contributed by atoms with Crippen LogP contribution in [0.25, 0.3) is 0 Å². The predicted octanol–water partition coefficient (Wildman–Crippen LogP) is 2.00. The van der Waals surface area contributed by atoms with E-state index >= 15 is 0 Å². The molecule has 1 amide bonds. The maximum atomic E-state index is 12.0. The fraction of sp³-hybridized carbons (Fsp3) is 0.533. The van der Waals surface area contributed by atoms with Crippen LogP contribution in [0.15, 0.2) is 29.2 Å². The summed E-state index contributed by atoms with van der Waals surface area (Å²) in [4.78, 5) is 15.1. The topological polar surface area (TPSA) is 41.6 Å². The number of nitrogens with one attached hydrogen (secondary N) is 1. The second-order valence-corrected chi connectivity index (χ2v) is 5.87. The number of piperazine rings is 1. The number of nitrogens with zero attached hydrogens (tertiary/aromatic N) is 1. The number of rotatable bonds is 6. The molecule has 110 valence electrons. The van der Waals surface area contributed by atoms with E-state index < -0.39 is 0 Å². The van der Waals surface area contributed by atoms with Crippen molar-refractivity contribution in [2.75, 3.05) is 39.0 Å². The SMILES string of the molecule is COc1ccccc1SCCCC(=O)N1CCNCC1. The van der Waals surface area contributed by atoms with Gasteiger partial charge in [-0.1, -0.05) is 12.1 Å². The average molecular weight is 294 g/mol. The Balaban J connectivity index is 1.69. The standard InChI is InChI=1S/C15H22N2O2S/c1-19-13-5-2-3-6-14(13)20-12-4-7-15(18)17-10-8-16-9-11-17/h2-3,5-6,16H,4,7-12H2,1H3. The Morgan fingerprint density at radius 2 is 2.10 bits per heavy atom. The molecule has 0 atom stereocenters. The number of carbonyl (C=O) groups is 1. The highest BCUT2D eigenvalue weighted by Gasteiger charge is 2.15. The summed E-state index contributed by atoms with van der Waals surface area (Å²) in [7, 11) is 1.69. The Labute approximate surface area is 124 Å². The van der Waals surface area contributed by atoms with Crippen LogP contribution >= 0.6 is 11.8 Å². The first-order chi connectivity index (χ1) is 9.81. The molecule has 0 spiro atoms. The zero-order valence-electron chi connectivity index (χ0n) is 11.9. The van der Waals surface area contributed by atoms with Gasteiger partial charge < -0.3 is 15.0 Å². The zero-order valence-corrected chi connectivity index (χ0v) is 12.7. The van der Waals surface area contributed by atoms with E-state index in [9.17, 15) is 4.79 Å². The molecule has 0 aromatic heterocycles. The van der Waals surface area contributed by atoms with E-state index in [2.05, 4.69) is 11.4 Å². The molecule has 0 aliphatic carbocycles. The van der Waals surface area contributed by atoms with Gasteiger partial charge in [-0.05, 0) is 24.3 Å². The second kappa shape index (κ2) is 8.17. The highest BCUT2D eigenvalue weighted by Crippen LogP contribution is 2.29. The maximum Gasteiger partial charge on any atom is 0.222 e. The number of methoxy groups -OCH3 is 1. The third-order valence-electron chi connectivity index (χ3n) is 3.33. The molecule has 4 nitrogen and oxygen atoms in total. The van der Waals surface area contributed by atoms with Gasteiger partial charge in [0.1, 0.15) is 5.75 Å². The first-order valence-electron chi connectivity index (χ1n) is 7.05. The Bertz CT molecular complexity index is 434. The molecule has 1 aliphatic rings. The van der Waals surface area contributed by atoms with Gasteiger partial charge in [-0.3, -0.25) is 4.79 Å². The summed E-state index contributed by atoms with van der Waals surface area (Å²) >= 11 is 1.75. The molecular weight excluding hydrogens is 272 g/mol. The molecule has 0 radical (unpaired) electrons. The van der Waals surface area contributed by atoms with Crippen molar-refractivity contribution in [1.29, 1.82) is 0 Å². The smallest absolute Gasteiger partial charge is 0.222 e. The van der Waals surface area contributed by atoms with Crippen LogP contribution in [0.3, 0.4) is 0 Å². The molecule has 1 fully saturated rings. The summed E-state index contributed by atoms with van der Waals surface area (Å²) < 4.78 is 5.32. The van der Waals surface area contributed by atoms with Gasteiger partial charge in [0.15, 0.2) is 0 Å². The maximum absolute atomic E-state index is 12.0. The lowest BCUT2D eigenvalue weighted by Gasteiger charge is -2.27. The normalized spacial score (nSPS) is 15.2. The van der Waals surface area contributed by atoms with Crippen LogP contribution in [0.1, 0.15) is 12.8 Å². The number of thioether (sulfide) groups is 1. The summed E-state index contributed by atoms with van der Waals surface area (Å²) in [6, 6.07) is 8.00. The minimum absolute atomic E-state index is 0.284. The monoisotopic (exact) mass is 294 g/mol. The summed E-state index contributed by atoms with van der Waals surface area (Å²) in [5.41, 5.74) is 0. The molecule has 1 heterocycles. The van der Waals surface area contributed by atoms with Crippen molar-refractivity contribution in [2.45, 2.75) is 17.7 Å². The minimum atomic E-state index is 0.284. The largest absolute Gasteiger partial charge is 0.496 e.